The van der Waals surface area contributed by atoms with Gasteiger partial charge in [0.05, 0.1) is 6.61 Å². The third-order valence-electron chi connectivity index (χ3n) is 2.32. The van der Waals surface area contributed by atoms with Crippen molar-refractivity contribution in [1.29, 1.82) is 0 Å². The zero-order valence-corrected chi connectivity index (χ0v) is 9.25. The van der Waals surface area contributed by atoms with Gasteiger partial charge in [0.25, 0.3) is 0 Å². The Balaban J connectivity index is 2.91. The largest absolute Gasteiger partial charge is 0.395 e. The second-order valence-electron chi connectivity index (χ2n) is 3.65. The molecule has 0 saturated carbocycles. The van der Waals surface area contributed by atoms with Crippen LogP contribution >= 0.6 is 0 Å². The maximum Gasteiger partial charge on any atom is 0.0606 e. The van der Waals surface area contributed by atoms with Crippen molar-refractivity contribution in [1.82, 2.24) is 0 Å². The van der Waals surface area contributed by atoms with Gasteiger partial charge in [-0.2, -0.15) is 0 Å². The molecule has 0 amide bonds. The number of anilines is 1. The predicted octanol–water partition coefficient (Wildman–Crippen LogP) is 2.12. The molecule has 0 unspecified atom stereocenters. The first-order valence-corrected chi connectivity index (χ1v) is 5.11. The molecule has 0 saturated heterocycles. The van der Waals surface area contributed by atoms with Crippen LogP contribution in [-0.4, -0.2) is 24.8 Å². The van der Waals surface area contributed by atoms with Gasteiger partial charge in [-0.15, -0.1) is 0 Å². The summed E-state index contributed by atoms with van der Waals surface area (Å²) < 4.78 is 0. The van der Waals surface area contributed by atoms with Crippen molar-refractivity contribution >= 4 is 5.69 Å². The van der Waals surface area contributed by atoms with Crippen molar-refractivity contribution in [3.63, 3.8) is 0 Å². The summed E-state index contributed by atoms with van der Waals surface area (Å²) in [5.74, 6) is 0. The topological polar surface area (TPSA) is 23.5 Å². The number of hydrogen-bond acceptors (Lipinski definition) is 2. The lowest BCUT2D eigenvalue weighted by molar-refractivity contribution is 0.302. The summed E-state index contributed by atoms with van der Waals surface area (Å²) in [7, 11) is 0. The third-order valence-corrected chi connectivity index (χ3v) is 2.32. The van der Waals surface area contributed by atoms with Crippen LogP contribution < -0.4 is 4.90 Å². The van der Waals surface area contributed by atoms with E-state index in [2.05, 4.69) is 43.9 Å². The van der Waals surface area contributed by atoms with Crippen LogP contribution in [0.25, 0.3) is 0 Å². The molecule has 0 fully saturated rings. The predicted molar refractivity (Wildman–Crippen MR) is 60.9 cm³/mol. The smallest absolute Gasteiger partial charge is 0.0606 e. The normalized spacial score (nSPS) is 10.3. The Kier molecular flexibility index (Phi) is 3.96. The Morgan fingerprint density at radius 1 is 1.14 bits per heavy atom. The molecule has 78 valence electrons. The molecule has 1 aromatic rings. The number of aliphatic hydroxyl groups is 1. The molecule has 2 nitrogen and oxygen atoms in total. The number of likely N-dealkylation sites (N-methyl/N-ethyl adjacent to an activating group) is 1. The molecular weight excluding hydrogens is 174 g/mol. The Hall–Kier alpha value is -1.02. The highest BCUT2D eigenvalue weighted by molar-refractivity contribution is 5.50. The summed E-state index contributed by atoms with van der Waals surface area (Å²) in [4.78, 5) is 2.18. The van der Waals surface area contributed by atoms with Crippen LogP contribution in [0.5, 0.6) is 0 Å². The molecule has 0 aliphatic rings. The van der Waals surface area contributed by atoms with Gasteiger partial charge in [0.2, 0.25) is 0 Å². The van der Waals surface area contributed by atoms with Gasteiger partial charge < -0.3 is 10.0 Å². The van der Waals surface area contributed by atoms with E-state index in [1.807, 2.05) is 0 Å². The highest BCUT2D eigenvalue weighted by Crippen LogP contribution is 2.18. The number of rotatable bonds is 4. The minimum Gasteiger partial charge on any atom is -0.395 e. The number of aliphatic hydroxyl groups excluding tert-OH is 1. The summed E-state index contributed by atoms with van der Waals surface area (Å²) in [6.07, 6.45) is 0. The maximum atomic E-state index is 8.93. The van der Waals surface area contributed by atoms with Gasteiger partial charge in [-0.3, -0.25) is 0 Å². The molecular formula is C12H19NO. The summed E-state index contributed by atoms with van der Waals surface area (Å²) in [5.41, 5.74) is 3.76. The van der Waals surface area contributed by atoms with Crippen LogP contribution in [0.2, 0.25) is 0 Å². The number of nitrogens with zero attached hydrogens (tertiary/aromatic N) is 1. The standard InChI is InChI=1S/C12H19NO/c1-4-13(5-6-14)12-8-10(2)7-11(3)9-12/h7-9,14H,4-6H2,1-3H3. The van der Waals surface area contributed by atoms with Crippen LogP contribution in [0.1, 0.15) is 18.1 Å². The van der Waals surface area contributed by atoms with Crippen LogP contribution in [0.4, 0.5) is 5.69 Å². The van der Waals surface area contributed by atoms with Crippen molar-refractivity contribution in [2.24, 2.45) is 0 Å². The Labute approximate surface area is 86.2 Å². The zero-order valence-electron chi connectivity index (χ0n) is 9.25. The van der Waals surface area contributed by atoms with Gasteiger partial charge in [0.1, 0.15) is 0 Å². The average molecular weight is 193 g/mol. The Morgan fingerprint density at radius 3 is 2.14 bits per heavy atom. The second-order valence-corrected chi connectivity index (χ2v) is 3.65. The van der Waals surface area contributed by atoms with Gasteiger partial charge in [-0.1, -0.05) is 6.07 Å². The number of benzene rings is 1. The maximum absolute atomic E-state index is 8.93. The van der Waals surface area contributed by atoms with Crippen molar-refractivity contribution < 1.29 is 5.11 Å². The van der Waals surface area contributed by atoms with E-state index in [0.29, 0.717) is 6.54 Å². The minimum absolute atomic E-state index is 0.209. The molecule has 0 radical (unpaired) electrons. The lowest BCUT2D eigenvalue weighted by atomic mass is 10.1. The van der Waals surface area contributed by atoms with Gasteiger partial charge in [-0.25, -0.2) is 0 Å². The molecule has 0 heterocycles. The Bertz CT molecular complexity index is 276. The third kappa shape index (κ3) is 2.74. The fourth-order valence-corrected chi connectivity index (χ4v) is 1.72. The van der Waals surface area contributed by atoms with E-state index in [4.69, 9.17) is 5.11 Å². The van der Waals surface area contributed by atoms with E-state index in [9.17, 15) is 0 Å². The molecule has 2 heteroatoms. The van der Waals surface area contributed by atoms with Gasteiger partial charge in [-0.05, 0) is 44.0 Å². The van der Waals surface area contributed by atoms with Crippen molar-refractivity contribution in [2.45, 2.75) is 20.8 Å². The van der Waals surface area contributed by atoms with E-state index in [1.165, 1.54) is 16.8 Å². The summed E-state index contributed by atoms with van der Waals surface area (Å²) in [5, 5.41) is 8.93. The first-order chi connectivity index (χ1) is 6.67. The lowest BCUT2D eigenvalue weighted by Gasteiger charge is -2.22. The molecule has 1 aromatic carbocycles. The molecule has 0 aliphatic heterocycles. The van der Waals surface area contributed by atoms with E-state index in [0.717, 1.165) is 6.54 Å². The van der Waals surface area contributed by atoms with E-state index < -0.39 is 0 Å². The van der Waals surface area contributed by atoms with Crippen molar-refractivity contribution in [3.05, 3.63) is 29.3 Å². The molecule has 0 bridgehead atoms. The highest BCUT2D eigenvalue weighted by atomic mass is 16.3. The zero-order chi connectivity index (χ0) is 10.6. The average Bonchev–Trinajstić information content (AvgIpc) is 2.12. The van der Waals surface area contributed by atoms with Crippen LogP contribution in [0.3, 0.4) is 0 Å². The van der Waals surface area contributed by atoms with Gasteiger partial charge in [0, 0.05) is 18.8 Å². The van der Waals surface area contributed by atoms with E-state index in [-0.39, 0.29) is 6.61 Å². The van der Waals surface area contributed by atoms with Gasteiger partial charge >= 0.3 is 0 Å². The second kappa shape index (κ2) is 5.01. The summed E-state index contributed by atoms with van der Waals surface area (Å²) in [6, 6.07) is 6.48. The number of aryl methyl sites for hydroxylation is 2. The highest BCUT2D eigenvalue weighted by Gasteiger charge is 2.03. The molecule has 0 aromatic heterocycles. The quantitative estimate of drug-likeness (QED) is 0.791. The summed E-state index contributed by atoms with van der Waals surface area (Å²) in [6.45, 7) is 8.16. The SMILES string of the molecule is CCN(CCO)c1cc(C)cc(C)c1. The Morgan fingerprint density at radius 2 is 1.71 bits per heavy atom. The van der Waals surface area contributed by atoms with Crippen LogP contribution in [0, 0.1) is 13.8 Å². The molecule has 14 heavy (non-hydrogen) atoms. The van der Waals surface area contributed by atoms with Gasteiger partial charge in [0.15, 0.2) is 0 Å². The fraction of sp³-hybridized carbons (Fsp3) is 0.500. The minimum atomic E-state index is 0.209. The molecule has 0 spiro atoms. The monoisotopic (exact) mass is 193 g/mol. The van der Waals surface area contributed by atoms with E-state index in [1.54, 1.807) is 0 Å². The van der Waals surface area contributed by atoms with Crippen LogP contribution in [-0.2, 0) is 0 Å². The fourth-order valence-electron chi connectivity index (χ4n) is 1.72. The van der Waals surface area contributed by atoms with E-state index >= 15 is 0 Å². The van der Waals surface area contributed by atoms with Crippen molar-refractivity contribution in [3.8, 4) is 0 Å². The first kappa shape index (κ1) is 11.1. The van der Waals surface area contributed by atoms with Crippen LogP contribution in [0.15, 0.2) is 18.2 Å². The molecule has 0 atom stereocenters. The first-order valence-electron chi connectivity index (χ1n) is 5.11. The molecule has 1 N–H and O–H groups in total. The summed E-state index contributed by atoms with van der Waals surface area (Å²) >= 11 is 0. The molecule has 1 rings (SSSR count). The van der Waals surface area contributed by atoms with Crippen molar-refractivity contribution in [2.75, 3.05) is 24.6 Å². The molecule has 0 aliphatic carbocycles. The number of hydrogen-bond donors (Lipinski definition) is 1. The lowest BCUT2D eigenvalue weighted by Crippen LogP contribution is -2.26.